The van der Waals surface area contributed by atoms with Crippen LogP contribution < -0.4 is 4.74 Å². The topological polar surface area (TPSA) is 52.8 Å². The molecule has 2 heterocycles. The van der Waals surface area contributed by atoms with Gasteiger partial charge in [-0.2, -0.15) is 10.2 Å². The molecule has 19 heavy (non-hydrogen) atoms. The molecule has 0 aliphatic heterocycles. The third-order valence-electron chi connectivity index (χ3n) is 2.79. The Hall–Kier alpha value is -2.69. The second-order valence-corrected chi connectivity index (χ2v) is 3.91. The van der Waals surface area contributed by atoms with Gasteiger partial charge < -0.3 is 4.74 Å². The molecule has 1 aromatic carbocycles. The summed E-state index contributed by atoms with van der Waals surface area (Å²) in [5.74, 6) is 0.674. The number of hydrogen-bond acceptors (Lipinski definition) is 4. The van der Waals surface area contributed by atoms with Crippen molar-refractivity contribution in [1.82, 2.24) is 20.0 Å². The fourth-order valence-corrected chi connectivity index (χ4v) is 1.92. The Morgan fingerprint density at radius 3 is 2.63 bits per heavy atom. The zero-order chi connectivity index (χ0) is 13.1. The van der Waals surface area contributed by atoms with E-state index in [-0.39, 0.29) is 0 Å². The molecule has 0 spiro atoms. The van der Waals surface area contributed by atoms with Gasteiger partial charge in [-0.25, -0.2) is 4.68 Å². The Labute approximate surface area is 110 Å². The molecule has 3 aromatic rings. The van der Waals surface area contributed by atoms with Gasteiger partial charge in [0.1, 0.15) is 5.75 Å². The largest absolute Gasteiger partial charge is 0.494 e. The maximum atomic E-state index is 5.32. The first-order valence-electron chi connectivity index (χ1n) is 5.85. The molecule has 0 saturated heterocycles. The molecule has 0 bridgehead atoms. The van der Waals surface area contributed by atoms with E-state index in [1.807, 2.05) is 41.1 Å². The van der Waals surface area contributed by atoms with Gasteiger partial charge in [0.15, 0.2) is 5.69 Å². The predicted octanol–water partition coefficient (Wildman–Crippen LogP) is 2.34. The summed E-state index contributed by atoms with van der Waals surface area (Å²) in [6.07, 6.45) is 3.34. The van der Waals surface area contributed by atoms with Crippen molar-refractivity contribution in [2.24, 2.45) is 0 Å². The molecule has 0 saturated carbocycles. The lowest BCUT2D eigenvalue weighted by Crippen LogP contribution is -2.01. The van der Waals surface area contributed by atoms with Crippen molar-refractivity contribution in [2.45, 2.75) is 0 Å². The van der Waals surface area contributed by atoms with Gasteiger partial charge in [-0.3, -0.25) is 0 Å². The normalized spacial score (nSPS) is 10.4. The monoisotopic (exact) mass is 252 g/mol. The number of benzene rings is 1. The second kappa shape index (κ2) is 4.89. The first kappa shape index (κ1) is 11.4. The SMILES string of the molecule is COc1ccnnc1-c1ccnn1-c1ccccc1. The van der Waals surface area contributed by atoms with Crippen LogP contribution in [0.5, 0.6) is 5.75 Å². The molecule has 0 N–H and O–H groups in total. The van der Waals surface area contributed by atoms with Crippen LogP contribution >= 0.6 is 0 Å². The average Bonchev–Trinajstić information content (AvgIpc) is 2.97. The van der Waals surface area contributed by atoms with Crippen molar-refractivity contribution < 1.29 is 4.74 Å². The van der Waals surface area contributed by atoms with E-state index in [0.29, 0.717) is 11.4 Å². The van der Waals surface area contributed by atoms with Crippen molar-refractivity contribution in [1.29, 1.82) is 0 Å². The number of methoxy groups -OCH3 is 1. The van der Waals surface area contributed by atoms with Crippen LogP contribution in [0.4, 0.5) is 0 Å². The minimum Gasteiger partial charge on any atom is -0.494 e. The van der Waals surface area contributed by atoms with Gasteiger partial charge in [0, 0.05) is 6.07 Å². The highest BCUT2D eigenvalue weighted by atomic mass is 16.5. The highest BCUT2D eigenvalue weighted by Crippen LogP contribution is 2.27. The second-order valence-electron chi connectivity index (χ2n) is 3.91. The molecule has 94 valence electrons. The minimum atomic E-state index is 0.673. The van der Waals surface area contributed by atoms with Gasteiger partial charge >= 0.3 is 0 Å². The number of rotatable bonds is 3. The van der Waals surface area contributed by atoms with Crippen LogP contribution in [0.15, 0.2) is 54.9 Å². The van der Waals surface area contributed by atoms with E-state index < -0.39 is 0 Å². The summed E-state index contributed by atoms with van der Waals surface area (Å²) >= 11 is 0. The van der Waals surface area contributed by atoms with Crippen molar-refractivity contribution in [2.75, 3.05) is 7.11 Å². The van der Waals surface area contributed by atoms with Crippen LogP contribution in [0, 0.1) is 0 Å². The molecule has 0 unspecified atom stereocenters. The van der Waals surface area contributed by atoms with E-state index >= 15 is 0 Å². The van der Waals surface area contributed by atoms with E-state index in [9.17, 15) is 0 Å². The van der Waals surface area contributed by atoms with Gasteiger partial charge in [-0.1, -0.05) is 18.2 Å². The number of para-hydroxylation sites is 1. The Kier molecular flexibility index (Phi) is 2.94. The molecule has 5 nitrogen and oxygen atoms in total. The van der Waals surface area contributed by atoms with Crippen molar-refractivity contribution in [3.05, 3.63) is 54.9 Å². The summed E-state index contributed by atoms with van der Waals surface area (Å²) in [5.41, 5.74) is 2.48. The summed E-state index contributed by atoms with van der Waals surface area (Å²) < 4.78 is 7.13. The van der Waals surface area contributed by atoms with Crippen molar-refractivity contribution >= 4 is 0 Å². The van der Waals surface area contributed by atoms with E-state index in [1.165, 1.54) is 0 Å². The fraction of sp³-hybridized carbons (Fsp3) is 0.0714. The lowest BCUT2D eigenvalue weighted by Gasteiger charge is -2.09. The van der Waals surface area contributed by atoms with Crippen molar-refractivity contribution in [3.8, 4) is 22.8 Å². The van der Waals surface area contributed by atoms with Crippen LogP contribution in [0.2, 0.25) is 0 Å². The van der Waals surface area contributed by atoms with Crippen LogP contribution in [0.25, 0.3) is 17.1 Å². The average molecular weight is 252 g/mol. The summed E-state index contributed by atoms with van der Waals surface area (Å²) in [6, 6.07) is 13.5. The van der Waals surface area contributed by atoms with E-state index in [2.05, 4.69) is 15.3 Å². The van der Waals surface area contributed by atoms with Crippen LogP contribution in [-0.4, -0.2) is 27.1 Å². The number of hydrogen-bond donors (Lipinski definition) is 0. The van der Waals surface area contributed by atoms with Crippen LogP contribution in [0.1, 0.15) is 0 Å². The predicted molar refractivity (Wildman–Crippen MR) is 71.1 cm³/mol. The van der Waals surface area contributed by atoms with E-state index in [4.69, 9.17) is 4.74 Å². The summed E-state index contributed by atoms with van der Waals surface area (Å²) in [4.78, 5) is 0. The molecule has 0 amide bonds. The Morgan fingerprint density at radius 1 is 1.00 bits per heavy atom. The molecule has 0 fully saturated rings. The van der Waals surface area contributed by atoms with Crippen molar-refractivity contribution in [3.63, 3.8) is 0 Å². The Balaban J connectivity index is 2.15. The zero-order valence-electron chi connectivity index (χ0n) is 10.4. The van der Waals surface area contributed by atoms with Gasteiger partial charge in [0.25, 0.3) is 0 Å². The number of aromatic nitrogens is 4. The highest BCUT2D eigenvalue weighted by molar-refractivity contribution is 5.63. The molecule has 0 aliphatic carbocycles. The molecule has 0 atom stereocenters. The lowest BCUT2D eigenvalue weighted by atomic mass is 10.2. The third-order valence-corrected chi connectivity index (χ3v) is 2.79. The lowest BCUT2D eigenvalue weighted by molar-refractivity contribution is 0.413. The molecule has 5 heteroatoms. The standard InChI is InChI=1S/C14H12N4O/c1-19-13-8-9-15-17-14(13)12-7-10-16-18(12)11-5-3-2-4-6-11/h2-10H,1H3. The molecule has 3 rings (SSSR count). The zero-order valence-corrected chi connectivity index (χ0v) is 10.4. The maximum Gasteiger partial charge on any atom is 0.153 e. The maximum absolute atomic E-state index is 5.32. The van der Waals surface area contributed by atoms with Gasteiger partial charge in [-0.05, 0) is 18.2 Å². The third kappa shape index (κ3) is 2.06. The highest BCUT2D eigenvalue weighted by Gasteiger charge is 2.13. The minimum absolute atomic E-state index is 0.673. The Bertz CT molecular complexity index is 679. The number of ether oxygens (including phenoxy) is 1. The molecule has 2 aromatic heterocycles. The van der Waals surface area contributed by atoms with Gasteiger partial charge in [0.2, 0.25) is 0 Å². The van der Waals surface area contributed by atoms with E-state index in [0.717, 1.165) is 11.4 Å². The quantitative estimate of drug-likeness (QED) is 0.718. The molecular weight excluding hydrogens is 240 g/mol. The summed E-state index contributed by atoms with van der Waals surface area (Å²) in [7, 11) is 1.61. The molecule has 0 aliphatic rings. The first-order valence-corrected chi connectivity index (χ1v) is 5.85. The fourth-order valence-electron chi connectivity index (χ4n) is 1.92. The summed E-state index contributed by atoms with van der Waals surface area (Å²) in [6.45, 7) is 0. The van der Waals surface area contributed by atoms with Crippen LogP contribution in [-0.2, 0) is 0 Å². The number of nitrogens with zero attached hydrogens (tertiary/aromatic N) is 4. The summed E-state index contributed by atoms with van der Waals surface area (Å²) in [5, 5.41) is 12.4. The van der Waals surface area contributed by atoms with Crippen LogP contribution in [0.3, 0.4) is 0 Å². The van der Waals surface area contributed by atoms with Gasteiger partial charge in [-0.15, -0.1) is 5.10 Å². The van der Waals surface area contributed by atoms with E-state index in [1.54, 1.807) is 25.6 Å². The van der Waals surface area contributed by atoms with Gasteiger partial charge in [0.05, 0.1) is 30.9 Å². The Morgan fingerprint density at radius 2 is 1.84 bits per heavy atom. The first-order chi connectivity index (χ1) is 9.40. The molecular formula is C14H12N4O. The molecule has 0 radical (unpaired) electrons. The smallest absolute Gasteiger partial charge is 0.153 e.